The molecule has 0 atom stereocenters. The van der Waals surface area contributed by atoms with Crippen LogP contribution in [0.1, 0.15) is 37.0 Å². The molecule has 0 amide bonds. The fraction of sp³-hybridized carbons (Fsp3) is 0.227. The van der Waals surface area contributed by atoms with Crippen molar-refractivity contribution in [2.24, 2.45) is 0 Å². The maximum Gasteiger partial charge on any atom is 0.225 e. The van der Waals surface area contributed by atoms with Crippen molar-refractivity contribution in [3.63, 3.8) is 0 Å². The maximum atomic E-state index is 11.4. The number of benzene rings is 2. The number of unbranched alkanes of at least 4 members (excludes halogenated alkanes) is 1. The molecule has 0 unspecified atom stereocenters. The van der Waals surface area contributed by atoms with Crippen molar-refractivity contribution < 1.29 is 4.79 Å². The maximum absolute atomic E-state index is 11.4. The molecule has 0 bridgehead atoms. The monoisotopic (exact) mass is 360 g/mol. The number of nitrogens with one attached hydrogen (secondary N) is 2. The Kier molecular flexibility index (Phi) is 6.15. The van der Waals surface area contributed by atoms with Crippen molar-refractivity contribution in [2.45, 2.75) is 26.7 Å². The molecule has 0 saturated carbocycles. The second-order valence-electron chi connectivity index (χ2n) is 6.37. The third kappa shape index (κ3) is 5.14. The van der Waals surface area contributed by atoms with Gasteiger partial charge in [-0.25, -0.2) is 4.98 Å². The zero-order valence-electron chi connectivity index (χ0n) is 15.7. The normalized spacial score (nSPS) is 10.4. The van der Waals surface area contributed by atoms with E-state index in [1.54, 1.807) is 6.92 Å². The van der Waals surface area contributed by atoms with Gasteiger partial charge in [0.1, 0.15) is 5.82 Å². The molecule has 0 fully saturated rings. The van der Waals surface area contributed by atoms with E-state index in [0.717, 1.165) is 36.3 Å². The van der Waals surface area contributed by atoms with Gasteiger partial charge >= 0.3 is 0 Å². The number of hydrogen-bond donors (Lipinski definition) is 2. The van der Waals surface area contributed by atoms with Gasteiger partial charge in [-0.05, 0) is 37.6 Å². The van der Waals surface area contributed by atoms with E-state index in [2.05, 4.69) is 27.5 Å². The van der Waals surface area contributed by atoms with E-state index in [0.29, 0.717) is 17.3 Å². The minimum atomic E-state index is 0.0531. The zero-order valence-corrected chi connectivity index (χ0v) is 15.7. The SMILES string of the molecule is CCCCNc1nc(Nc2ccc(C(C)=O)cc2)cc(-c2ccccc2)n1. The zero-order chi connectivity index (χ0) is 19.1. The molecule has 3 aromatic rings. The Morgan fingerprint density at radius 1 is 1.00 bits per heavy atom. The van der Waals surface area contributed by atoms with Crippen LogP contribution < -0.4 is 10.6 Å². The first kappa shape index (κ1) is 18.6. The number of carbonyl (C=O) groups excluding carboxylic acids is 1. The third-order valence-electron chi connectivity index (χ3n) is 4.17. The van der Waals surface area contributed by atoms with E-state index in [1.165, 1.54) is 0 Å². The van der Waals surface area contributed by atoms with Gasteiger partial charge in [0.2, 0.25) is 5.95 Å². The summed E-state index contributed by atoms with van der Waals surface area (Å²) in [6, 6.07) is 19.4. The molecule has 0 saturated heterocycles. The summed E-state index contributed by atoms with van der Waals surface area (Å²) in [6.45, 7) is 4.55. The Bertz CT molecular complexity index is 892. The van der Waals surface area contributed by atoms with E-state index in [9.17, 15) is 4.79 Å². The number of carbonyl (C=O) groups is 1. The van der Waals surface area contributed by atoms with Crippen LogP contribution in [0.3, 0.4) is 0 Å². The number of rotatable bonds is 8. The molecule has 0 radical (unpaired) electrons. The van der Waals surface area contributed by atoms with Crippen LogP contribution in [0, 0.1) is 0 Å². The first-order chi connectivity index (χ1) is 13.2. The summed E-state index contributed by atoms with van der Waals surface area (Å²) in [5.41, 5.74) is 3.45. The van der Waals surface area contributed by atoms with Gasteiger partial charge in [0, 0.05) is 29.4 Å². The van der Waals surface area contributed by atoms with Crippen molar-refractivity contribution in [1.82, 2.24) is 9.97 Å². The van der Waals surface area contributed by atoms with Gasteiger partial charge in [0.05, 0.1) is 5.69 Å². The Balaban J connectivity index is 1.88. The number of ketones is 1. The van der Waals surface area contributed by atoms with Crippen LogP contribution in [0.25, 0.3) is 11.3 Å². The molecule has 5 nitrogen and oxygen atoms in total. The molecular weight excluding hydrogens is 336 g/mol. The van der Waals surface area contributed by atoms with Gasteiger partial charge in [-0.1, -0.05) is 43.7 Å². The minimum Gasteiger partial charge on any atom is -0.354 e. The molecular formula is C22H24N4O. The summed E-state index contributed by atoms with van der Waals surface area (Å²) in [7, 11) is 0. The van der Waals surface area contributed by atoms with Crippen LogP contribution in [-0.2, 0) is 0 Å². The smallest absolute Gasteiger partial charge is 0.225 e. The molecule has 3 rings (SSSR count). The number of anilines is 3. The Morgan fingerprint density at radius 3 is 2.41 bits per heavy atom. The Hall–Kier alpha value is -3.21. The third-order valence-corrected chi connectivity index (χ3v) is 4.17. The second kappa shape index (κ2) is 8.94. The summed E-state index contributed by atoms with van der Waals surface area (Å²) in [5.74, 6) is 1.36. The topological polar surface area (TPSA) is 66.9 Å². The molecule has 0 aliphatic heterocycles. The molecule has 0 aliphatic carbocycles. The molecule has 0 spiro atoms. The van der Waals surface area contributed by atoms with Crippen LogP contribution >= 0.6 is 0 Å². The van der Waals surface area contributed by atoms with Gasteiger partial charge < -0.3 is 10.6 Å². The van der Waals surface area contributed by atoms with Crippen LogP contribution in [0.5, 0.6) is 0 Å². The standard InChI is InChI=1S/C22H24N4O/c1-3-4-14-23-22-25-20(18-8-6-5-7-9-18)15-21(26-22)24-19-12-10-17(11-13-19)16(2)27/h5-13,15H,3-4,14H2,1-2H3,(H2,23,24,25,26). The van der Waals surface area contributed by atoms with Crippen LogP contribution in [0.2, 0.25) is 0 Å². The predicted octanol–water partition coefficient (Wildman–Crippen LogP) is 5.30. The van der Waals surface area contributed by atoms with Gasteiger partial charge in [0.15, 0.2) is 5.78 Å². The number of nitrogens with zero attached hydrogens (tertiary/aromatic N) is 2. The summed E-state index contributed by atoms with van der Waals surface area (Å²) in [5, 5.41) is 6.61. The first-order valence-corrected chi connectivity index (χ1v) is 9.22. The molecule has 1 aromatic heterocycles. The Morgan fingerprint density at radius 2 is 1.74 bits per heavy atom. The van der Waals surface area contributed by atoms with E-state index >= 15 is 0 Å². The van der Waals surface area contributed by atoms with E-state index in [4.69, 9.17) is 0 Å². The highest BCUT2D eigenvalue weighted by atomic mass is 16.1. The summed E-state index contributed by atoms with van der Waals surface area (Å²) in [4.78, 5) is 20.7. The van der Waals surface area contributed by atoms with Crippen molar-refractivity contribution in [1.29, 1.82) is 0 Å². The molecule has 0 aliphatic rings. The molecule has 138 valence electrons. The quantitative estimate of drug-likeness (QED) is 0.421. The average Bonchev–Trinajstić information content (AvgIpc) is 2.69. The van der Waals surface area contributed by atoms with Crippen LogP contribution in [0.4, 0.5) is 17.5 Å². The number of hydrogen-bond acceptors (Lipinski definition) is 5. The Labute approximate surface area is 159 Å². The molecule has 1 heterocycles. The van der Waals surface area contributed by atoms with Gasteiger partial charge in [-0.3, -0.25) is 4.79 Å². The van der Waals surface area contributed by atoms with E-state index < -0.39 is 0 Å². The highest BCUT2D eigenvalue weighted by Crippen LogP contribution is 2.24. The lowest BCUT2D eigenvalue weighted by Gasteiger charge is -2.11. The fourth-order valence-corrected chi connectivity index (χ4v) is 2.66. The lowest BCUT2D eigenvalue weighted by Crippen LogP contribution is -2.07. The largest absolute Gasteiger partial charge is 0.354 e. The highest BCUT2D eigenvalue weighted by molar-refractivity contribution is 5.94. The fourth-order valence-electron chi connectivity index (χ4n) is 2.66. The highest BCUT2D eigenvalue weighted by Gasteiger charge is 2.07. The van der Waals surface area contributed by atoms with Crippen molar-refractivity contribution in [3.8, 4) is 11.3 Å². The van der Waals surface area contributed by atoms with Crippen molar-refractivity contribution in [3.05, 3.63) is 66.2 Å². The summed E-state index contributed by atoms with van der Waals surface area (Å²) >= 11 is 0. The molecule has 2 N–H and O–H groups in total. The summed E-state index contributed by atoms with van der Waals surface area (Å²) < 4.78 is 0. The lowest BCUT2D eigenvalue weighted by molar-refractivity contribution is 0.101. The second-order valence-corrected chi connectivity index (χ2v) is 6.37. The molecule has 5 heteroatoms. The van der Waals surface area contributed by atoms with Gasteiger partial charge in [-0.15, -0.1) is 0 Å². The number of Topliss-reactive ketones (excluding diaryl/α,β-unsaturated/α-hetero) is 1. The summed E-state index contributed by atoms with van der Waals surface area (Å²) in [6.07, 6.45) is 2.17. The predicted molar refractivity (Wildman–Crippen MR) is 111 cm³/mol. The van der Waals surface area contributed by atoms with Crippen LogP contribution in [0.15, 0.2) is 60.7 Å². The van der Waals surface area contributed by atoms with Crippen LogP contribution in [-0.4, -0.2) is 22.3 Å². The van der Waals surface area contributed by atoms with Gasteiger partial charge in [-0.2, -0.15) is 4.98 Å². The number of aromatic nitrogens is 2. The lowest BCUT2D eigenvalue weighted by atomic mass is 10.1. The van der Waals surface area contributed by atoms with Crippen molar-refractivity contribution in [2.75, 3.05) is 17.2 Å². The molecule has 27 heavy (non-hydrogen) atoms. The van der Waals surface area contributed by atoms with Gasteiger partial charge in [0.25, 0.3) is 0 Å². The first-order valence-electron chi connectivity index (χ1n) is 9.22. The average molecular weight is 360 g/mol. The van der Waals surface area contributed by atoms with E-state index in [-0.39, 0.29) is 5.78 Å². The minimum absolute atomic E-state index is 0.0531. The molecule has 2 aromatic carbocycles. The van der Waals surface area contributed by atoms with Crippen molar-refractivity contribution >= 4 is 23.2 Å². The van der Waals surface area contributed by atoms with E-state index in [1.807, 2.05) is 60.7 Å².